The molecule has 156 valence electrons. The molecule has 0 aliphatic carbocycles. The Balaban J connectivity index is 1.37. The van der Waals surface area contributed by atoms with Crippen LogP contribution in [0.3, 0.4) is 0 Å². The maximum absolute atomic E-state index is 12.8. The Morgan fingerprint density at radius 2 is 1.97 bits per heavy atom. The third kappa shape index (κ3) is 4.08. The van der Waals surface area contributed by atoms with Crippen LogP contribution >= 0.6 is 0 Å². The monoisotopic (exact) mass is 414 g/mol. The number of piperazine rings is 1. The molecule has 0 saturated carbocycles. The molecule has 1 fully saturated rings. The van der Waals surface area contributed by atoms with Crippen molar-refractivity contribution in [3.05, 3.63) is 60.7 Å². The average Bonchev–Trinajstić information content (AvgIpc) is 3.25. The van der Waals surface area contributed by atoms with Crippen LogP contribution in [-0.2, 0) is 7.05 Å². The van der Waals surface area contributed by atoms with Crippen LogP contribution in [0.5, 0.6) is 0 Å². The second kappa shape index (κ2) is 8.11. The van der Waals surface area contributed by atoms with Gasteiger partial charge in [-0.3, -0.25) is 9.48 Å². The van der Waals surface area contributed by atoms with Crippen LogP contribution < -0.4 is 15.5 Å². The van der Waals surface area contributed by atoms with Gasteiger partial charge in [-0.2, -0.15) is 5.10 Å². The highest BCUT2D eigenvalue weighted by molar-refractivity contribution is 6.04. The molecule has 0 atom stereocenters. The zero-order chi connectivity index (χ0) is 21.2. The highest BCUT2D eigenvalue weighted by atomic mass is 16.1. The van der Waals surface area contributed by atoms with Gasteiger partial charge in [0.1, 0.15) is 11.6 Å². The lowest BCUT2D eigenvalue weighted by Gasteiger charge is -2.28. The van der Waals surface area contributed by atoms with E-state index in [4.69, 9.17) is 4.98 Å². The number of pyridine rings is 3. The first-order chi connectivity index (χ1) is 15.2. The van der Waals surface area contributed by atoms with E-state index in [0.29, 0.717) is 11.4 Å². The third-order valence-corrected chi connectivity index (χ3v) is 5.26. The predicted molar refractivity (Wildman–Crippen MR) is 119 cm³/mol. The van der Waals surface area contributed by atoms with Crippen molar-refractivity contribution in [1.29, 1.82) is 0 Å². The number of aryl methyl sites for hydroxylation is 1. The Bertz CT molecular complexity index is 1250. The third-order valence-electron chi connectivity index (χ3n) is 5.26. The number of carbonyl (C=O) groups is 1. The van der Waals surface area contributed by atoms with Gasteiger partial charge in [-0.1, -0.05) is 0 Å². The highest BCUT2D eigenvalue weighted by Gasteiger charge is 2.15. The fourth-order valence-corrected chi connectivity index (χ4v) is 3.61. The minimum Gasteiger partial charge on any atom is -0.354 e. The number of rotatable bonds is 4. The summed E-state index contributed by atoms with van der Waals surface area (Å²) < 4.78 is 1.74. The van der Waals surface area contributed by atoms with Crippen molar-refractivity contribution >= 4 is 28.4 Å². The number of hydrogen-bond donors (Lipinski definition) is 2. The zero-order valence-corrected chi connectivity index (χ0v) is 17.1. The minimum atomic E-state index is -0.228. The van der Waals surface area contributed by atoms with Crippen LogP contribution in [-0.4, -0.2) is 56.8 Å². The minimum absolute atomic E-state index is 0.228. The first-order valence-electron chi connectivity index (χ1n) is 10.1. The summed E-state index contributed by atoms with van der Waals surface area (Å²) >= 11 is 0. The molecule has 0 radical (unpaired) electrons. The molecule has 0 unspecified atom stereocenters. The fourth-order valence-electron chi connectivity index (χ4n) is 3.61. The molecule has 2 N–H and O–H groups in total. The Labute approximate surface area is 179 Å². The van der Waals surface area contributed by atoms with E-state index in [1.165, 1.54) is 0 Å². The smallest absolute Gasteiger partial charge is 0.257 e. The van der Waals surface area contributed by atoms with Gasteiger partial charge in [0.15, 0.2) is 0 Å². The van der Waals surface area contributed by atoms with E-state index < -0.39 is 0 Å². The van der Waals surface area contributed by atoms with Crippen molar-refractivity contribution < 1.29 is 4.79 Å². The van der Waals surface area contributed by atoms with Crippen LogP contribution in [0.25, 0.3) is 22.2 Å². The Hall–Kier alpha value is -3.85. The molecule has 4 aromatic rings. The summed E-state index contributed by atoms with van der Waals surface area (Å²) in [6, 6.07) is 9.21. The van der Waals surface area contributed by atoms with Crippen LogP contribution in [0.15, 0.2) is 55.1 Å². The van der Waals surface area contributed by atoms with E-state index in [9.17, 15) is 4.79 Å². The van der Waals surface area contributed by atoms with Crippen molar-refractivity contribution in [2.75, 3.05) is 36.4 Å². The molecular weight excluding hydrogens is 392 g/mol. The second-order valence-electron chi connectivity index (χ2n) is 7.46. The standard InChI is InChI=1S/C22H22N8O/c1-29-14-17(13-26-29)18-3-2-16-12-25-20(11-19(16)27-18)28-22(31)15-4-5-24-21(10-15)30-8-6-23-7-9-30/h2-5,10-14,23H,6-9H2,1H3,(H,25,28,31). The van der Waals surface area contributed by atoms with Gasteiger partial charge in [0.2, 0.25) is 0 Å². The molecule has 0 spiro atoms. The molecule has 1 aliphatic rings. The fraction of sp³-hybridized carbons (Fsp3) is 0.227. The Kier molecular flexibility index (Phi) is 5.01. The first-order valence-corrected chi connectivity index (χ1v) is 10.1. The van der Waals surface area contributed by atoms with Gasteiger partial charge in [-0.15, -0.1) is 0 Å². The molecule has 9 heteroatoms. The number of nitrogens with one attached hydrogen (secondary N) is 2. The van der Waals surface area contributed by atoms with Crippen LogP contribution in [0.2, 0.25) is 0 Å². The summed E-state index contributed by atoms with van der Waals surface area (Å²) in [5, 5.41) is 11.3. The highest BCUT2D eigenvalue weighted by Crippen LogP contribution is 2.22. The lowest BCUT2D eigenvalue weighted by molar-refractivity contribution is 0.102. The molecule has 31 heavy (non-hydrogen) atoms. The topological polar surface area (TPSA) is 101 Å². The average molecular weight is 414 g/mol. The van der Waals surface area contributed by atoms with Crippen molar-refractivity contribution in [2.45, 2.75) is 0 Å². The maximum atomic E-state index is 12.8. The molecule has 4 aromatic heterocycles. The zero-order valence-electron chi connectivity index (χ0n) is 17.1. The van der Waals surface area contributed by atoms with Gasteiger partial charge in [0, 0.05) is 74.4 Å². The van der Waals surface area contributed by atoms with E-state index in [2.05, 4.69) is 30.6 Å². The Morgan fingerprint density at radius 3 is 2.77 bits per heavy atom. The van der Waals surface area contributed by atoms with Crippen molar-refractivity contribution in [3.63, 3.8) is 0 Å². The molecule has 0 aromatic carbocycles. The summed E-state index contributed by atoms with van der Waals surface area (Å²) in [5.74, 6) is 1.03. The lowest BCUT2D eigenvalue weighted by atomic mass is 10.2. The van der Waals surface area contributed by atoms with Gasteiger partial charge in [0.25, 0.3) is 5.91 Å². The lowest BCUT2D eigenvalue weighted by Crippen LogP contribution is -2.43. The molecule has 0 bridgehead atoms. The van der Waals surface area contributed by atoms with Crippen molar-refractivity contribution in [2.24, 2.45) is 7.05 Å². The van der Waals surface area contributed by atoms with E-state index in [0.717, 1.165) is 54.2 Å². The number of aromatic nitrogens is 5. The normalized spacial score (nSPS) is 14.0. The number of anilines is 2. The Morgan fingerprint density at radius 1 is 1.10 bits per heavy atom. The molecular formula is C22H22N8O. The van der Waals surface area contributed by atoms with E-state index >= 15 is 0 Å². The second-order valence-corrected chi connectivity index (χ2v) is 7.46. The molecule has 1 amide bonds. The SMILES string of the molecule is Cn1cc(-c2ccc3cnc(NC(=O)c4ccnc(N5CCNCC5)c4)cc3n2)cn1. The van der Waals surface area contributed by atoms with Crippen LogP contribution in [0.1, 0.15) is 10.4 Å². The summed E-state index contributed by atoms with van der Waals surface area (Å²) in [6.45, 7) is 3.56. The van der Waals surface area contributed by atoms with E-state index in [1.54, 1.807) is 35.4 Å². The van der Waals surface area contributed by atoms with Crippen LogP contribution in [0.4, 0.5) is 11.6 Å². The van der Waals surface area contributed by atoms with Gasteiger partial charge >= 0.3 is 0 Å². The first kappa shape index (κ1) is 19.1. The molecule has 5 rings (SSSR count). The summed E-state index contributed by atoms with van der Waals surface area (Å²) in [7, 11) is 1.87. The van der Waals surface area contributed by atoms with Gasteiger partial charge in [0.05, 0.1) is 17.4 Å². The van der Waals surface area contributed by atoms with Crippen molar-refractivity contribution in [3.8, 4) is 11.3 Å². The number of nitrogens with zero attached hydrogens (tertiary/aromatic N) is 6. The molecule has 5 heterocycles. The molecule has 1 saturated heterocycles. The number of hydrogen-bond acceptors (Lipinski definition) is 7. The van der Waals surface area contributed by atoms with Crippen LogP contribution in [0, 0.1) is 0 Å². The van der Waals surface area contributed by atoms with E-state index in [1.807, 2.05) is 31.4 Å². The quantitative estimate of drug-likeness (QED) is 0.527. The number of carbonyl (C=O) groups excluding carboxylic acids is 1. The van der Waals surface area contributed by atoms with Crippen molar-refractivity contribution in [1.82, 2.24) is 30.0 Å². The molecule has 1 aliphatic heterocycles. The molecule has 9 nitrogen and oxygen atoms in total. The van der Waals surface area contributed by atoms with Gasteiger partial charge < -0.3 is 15.5 Å². The summed E-state index contributed by atoms with van der Waals surface area (Å²) in [6.07, 6.45) is 7.07. The van der Waals surface area contributed by atoms with Gasteiger partial charge in [-0.25, -0.2) is 15.0 Å². The summed E-state index contributed by atoms with van der Waals surface area (Å²) in [4.78, 5) is 28.5. The van der Waals surface area contributed by atoms with E-state index in [-0.39, 0.29) is 5.91 Å². The predicted octanol–water partition coefficient (Wildman–Crippen LogP) is 2.09. The van der Waals surface area contributed by atoms with Gasteiger partial charge in [-0.05, 0) is 24.3 Å². The number of fused-ring (bicyclic) bond motifs is 1. The number of amides is 1. The largest absolute Gasteiger partial charge is 0.354 e. The maximum Gasteiger partial charge on any atom is 0.257 e. The summed E-state index contributed by atoms with van der Waals surface area (Å²) in [5.41, 5.74) is 3.05.